The Kier molecular flexibility index (Phi) is 4.64. The quantitative estimate of drug-likeness (QED) is 0.907. The molecule has 0 heterocycles. The third kappa shape index (κ3) is 3.75. The summed E-state index contributed by atoms with van der Waals surface area (Å²) in [4.78, 5) is 12.2. The maximum Gasteiger partial charge on any atom is 0.255 e. The van der Waals surface area contributed by atoms with Crippen molar-refractivity contribution < 1.29 is 9.53 Å². The van der Waals surface area contributed by atoms with Crippen LogP contribution >= 0.6 is 11.6 Å². The molecule has 2 aromatic carbocycles. The predicted octanol–water partition coefficient (Wildman–Crippen LogP) is 4.38. The van der Waals surface area contributed by atoms with Gasteiger partial charge in [-0.2, -0.15) is 0 Å². The molecule has 0 atom stereocenters. The molecule has 0 aliphatic heterocycles. The third-order valence-electron chi connectivity index (χ3n) is 2.58. The zero-order valence-corrected chi connectivity index (χ0v) is 12.1. The van der Waals surface area contributed by atoms with Crippen LogP contribution in [0.4, 0.5) is 5.69 Å². The second-order valence-electron chi connectivity index (χ2n) is 4.63. The smallest absolute Gasteiger partial charge is 0.255 e. The molecule has 0 aromatic heterocycles. The van der Waals surface area contributed by atoms with E-state index in [2.05, 4.69) is 5.32 Å². The first-order valence-corrected chi connectivity index (χ1v) is 6.76. The van der Waals surface area contributed by atoms with Crippen LogP contribution in [0.15, 0.2) is 48.5 Å². The maximum atomic E-state index is 12.2. The van der Waals surface area contributed by atoms with Crippen LogP contribution in [0.2, 0.25) is 5.02 Å². The lowest BCUT2D eigenvalue weighted by molar-refractivity contribution is 0.102. The highest BCUT2D eigenvalue weighted by molar-refractivity contribution is 6.31. The molecule has 0 spiro atoms. The minimum absolute atomic E-state index is 0.0409. The lowest BCUT2D eigenvalue weighted by atomic mass is 10.2. The lowest BCUT2D eigenvalue weighted by Gasteiger charge is -2.14. The monoisotopic (exact) mass is 289 g/mol. The molecule has 0 saturated carbocycles. The maximum absolute atomic E-state index is 12.2. The van der Waals surface area contributed by atoms with E-state index in [-0.39, 0.29) is 12.0 Å². The van der Waals surface area contributed by atoms with Crippen molar-refractivity contribution in [2.75, 3.05) is 5.32 Å². The molecule has 2 aromatic rings. The number of hydrogen-bond acceptors (Lipinski definition) is 2. The second-order valence-corrected chi connectivity index (χ2v) is 5.06. The number of ether oxygens (including phenoxy) is 1. The van der Waals surface area contributed by atoms with E-state index in [1.807, 2.05) is 32.0 Å². The van der Waals surface area contributed by atoms with Crippen LogP contribution in [0.5, 0.6) is 5.75 Å². The van der Waals surface area contributed by atoms with Crippen molar-refractivity contribution >= 4 is 23.2 Å². The molecule has 1 amide bonds. The summed E-state index contributed by atoms with van der Waals surface area (Å²) < 4.78 is 5.67. The number of carbonyl (C=O) groups is 1. The Morgan fingerprint density at radius 2 is 1.90 bits per heavy atom. The van der Waals surface area contributed by atoms with Crippen LogP contribution in [0.1, 0.15) is 24.2 Å². The summed E-state index contributed by atoms with van der Waals surface area (Å²) in [6, 6.07) is 14.2. The van der Waals surface area contributed by atoms with Crippen molar-refractivity contribution in [2.45, 2.75) is 20.0 Å². The Morgan fingerprint density at radius 1 is 1.15 bits per heavy atom. The Morgan fingerprint density at radius 3 is 2.60 bits per heavy atom. The summed E-state index contributed by atoms with van der Waals surface area (Å²) in [6.07, 6.45) is 0.0409. The summed E-state index contributed by atoms with van der Waals surface area (Å²) in [5.41, 5.74) is 1.16. The van der Waals surface area contributed by atoms with Crippen molar-refractivity contribution in [1.29, 1.82) is 0 Å². The number of amides is 1. The molecular weight excluding hydrogens is 274 g/mol. The normalized spacial score (nSPS) is 10.4. The Bertz CT molecular complexity index is 611. The number of carbonyl (C=O) groups excluding carboxylic acids is 1. The van der Waals surface area contributed by atoms with Gasteiger partial charge in [-0.3, -0.25) is 4.79 Å². The van der Waals surface area contributed by atoms with E-state index in [4.69, 9.17) is 16.3 Å². The molecule has 0 saturated heterocycles. The van der Waals surface area contributed by atoms with Gasteiger partial charge in [0.2, 0.25) is 0 Å². The lowest BCUT2D eigenvalue weighted by Crippen LogP contribution is -2.14. The summed E-state index contributed by atoms with van der Waals surface area (Å²) in [5, 5.41) is 3.37. The fraction of sp³-hybridized carbons (Fsp3) is 0.188. The zero-order chi connectivity index (χ0) is 14.5. The average Bonchev–Trinajstić information content (AvgIpc) is 2.40. The number of hydrogen-bond donors (Lipinski definition) is 1. The summed E-state index contributed by atoms with van der Waals surface area (Å²) in [6.45, 7) is 3.88. The molecule has 104 valence electrons. The van der Waals surface area contributed by atoms with Crippen LogP contribution in [0.3, 0.4) is 0 Å². The molecular formula is C16H16ClNO2. The summed E-state index contributed by atoms with van der Waals surface area (Å²) in [7, 11) is 0. The first kappa shape index (κ1) is 14.4. The van der Waals surface area contributed by atoms with Gasteiger partial charge in [-0.1, -0.05) is 29.8 Å². The third-order valence-corrected chi connectivity index (χ3v) is 2.82. The van der Waals surface area contributed by atoms with E-state index in [0.717, 1.165) is 0 Å². The summed E-state index contributed by atoms with van der Waals surface area (Å²) in [5.74, 6) is 0.435. The van der Waals surface area contributed by atoms with Gasteiger partial charge in [-0.25, -0.2) is 0 Å². The standard InChI is InChI=1S/C16H16ClNO2/c1-11(2)20-15-9-4-3-8-14(15)18-16(19)12-6-5-7-13(17)10-12/h3-11H,1-2H3,(H,18,19). The highest BCUT2D eigenvalue weighted by Gasteiger charge is 2.10. The van der Waals surface area contributed by atoms with Crippen LogP contribution in [0, 0.1) is 0 Å². The highest BCUT2D eigenvalue weighted by atomic mass is 35.5. The zero-order valence-electron chi connectivity index (χ0n) is 11.4. The van der Waals surface area contributed by atoms with Gasteiger partial charge in [-0.15, -0.1) is 0 Å². The van der Waals surface area contributed by atoms with Gasteiger partial charge in [0.05, 0.1) is 11.8 Å². The number of anilines is 1. The number of nitrogens with one attached hydrogen (secondary N) is 1. The molecule has 4 heteroatoms. The molecule has 0 aliphatic rings. The first-order chi connectivity index (χ1) is 9.56. The molecule has 0 aliphatic carbocycles. The van der Waals surface area contributed by atoms with E-state index in [1.165, 1.54) is 0 Å². The van der Waals surface area contributed by atoms with E-state index in [9.17, 15) is 4.79 Å². The van der Waals surface area contributed by atoms with Gasteiger partial charge in [0.1, 0.15) is 5.75 Å². The van der Waals surface area contributed by atoms with Crippen LogP contribution in [-0.2, 0) is 0 Å². The Labute approximate surface area is 123 Å². The van der Waals surface area contributed by atoms with Crippen LogP contribution in [0.25, 0.3) is 0 Å². The SMILES string of the molecule is CC(C)Oc1ccccc1NC(=O)c1cccc(Cl)c1. The Balaban J connectivity index is 2.19. The van der Waals surface area contributed by atoms with E-state index in [1.54, 1.807) is 30.3 Å². The highest BCUT2D eigenvalue weighted by Crippen LogP contribution is 2.25. The molecule has 0 fully saturated rings. The topological polar surface area (TPSA) is 38.3 Å². The minimum Gasteiger partial charge on any atom is -0.489 e. The molecule has 20 heavy (non-hydrogen) atoms. The van der Waals surface area contributed by atoms with Gasteiger partial charge in [-0.05, 0) is 44.2 Å². The minimum atomic E-state index is -0.215. The van der Waals surface area contributed by atoms with Crippen molar-refractivity contribution in [1.82, 2.24) is 0 Å². The van der Waals surface area contributed by atoms with Crippen LogP contribution < -0.4 is 10.1 Å². The molecule has 0 unspecified atom stereocenters. The van der Waals surface area contributed by atoms with Gasteiger partial charge < -0.3 is 10.1 Å². The second kappa shape index (κ2) is 6.44. The van der Waals surface area contributed by atoms with Crippen molar-refractivity contribution in [3.63, 3.8) is 0 Å². The fourth-order valence-electron chi connectivity index (χ4n) is 1.75. The van der Waals surface area contributed by atoms with Gasteiger partial charge in [0, 0.05) is 10.6 Å². The van der Waals surface area contributed by atoms with Crippen LogP contribution in [-0.4, -0.2) is 12.0 Å². The molecule has 0 bridgehead atoms. The fourth-order valence-corrected chi connectivity index (χ4v) is 1.94. The molecule has 0 radical (unpaired) electrons. The first-order valence-electron chi connectivity index (χ1n) is 6.39. The Hall–Kier alpha value is -2.00. The predicted molar refractivity (Wildman–Crippen MR) is 81.6 cm³/mol. The van der Waals surface area contributed by atoms with E-state index >= 15 is 0 Å². The number of halogens is 1. The molecule has 1 N–H and O–H groups in total. The average molecular weight is 290 g/mol. The van der Waals surface area contributed by atoms with Gasteiger partial charge >= 0.3 is 0 Å². The van der Waals surface area contributed by atoms with Crippen molar-refractivity contribution in [3.05, 3.63) is 59.1 Å². The van der Waals surface area contributed by atoms with Crippen molar-refractivity contribution in [2.24, 2.45) is 0 Å². The van der Waals surface area contributed by atoms with Gasteiger partial charge in [0.15, 0.2) is 0 Å². The van der Waals surface area contributed by atoms with E-state index < -0.39 is 0 Å². The molecule has 2 rings (SSSR count). The molecule has 3 nitrogen and oxygen atoms in total. The van der Waals surface area contributed by atoms with E-state index in [0.29, 0.717) is 22.0 Å². The van der Waals surface area contributed by atoms with Gasteiger partial charge in [0.25, 0.3) is 5.91 Å². The number of benzene rings is 2. The number of rotatable bonds is 4. The number of para-hydroxylation sites is 2. The van der Waals surface area contributed by atoms with Crippen molar-refractivity contribution in [3.8, 4) is 5.75 Å². The largest absolute Gasteiger partial charge is 0.489 e. The summed E-state index contributed by atoms with van der Waals surface area (Å²) >= 11 is 5.89.